The summed E-state index contributed by atoms with van der Waals surface area (Å²) in [6, 6.07) is 3.43. The second-order valence-electron chi connectivity index (χ2n) is 3.28. The van der Waals surface area contributed by atoms with Crippen molar-refractivity contribution in [1.82, 2.24) is 10.2 Å². The normalized spacial score (nSPS) is 10.3. The first-order valence-corrected chi connectivity index (χ1v) is 8.04. The van der Waals surface area contributed by atoms with Gasteiger partial charge in [-0.3, -0.25) is 10.6 Å². The van der Waals surface area contributed by atoms with Crippen molar-refractivity contribution >= 4 is 50.6 Å². The number of carbonyl (C=O) groups is 1. The third-order valence-corrected chi connectivity index (χ3v) is 4.78. The highest BCUT2D eigenvalue weighted by atomic mass is 32.2. The van der Waals surface area contributed by atoms with Crippen molar-refractivity contribution in [1.29, 1.82) is 0 Å². The monoisotopic (exact) mass is 300 g/mol. The fraction of sp³-hybridized carbons (Fsp3) is 0.300. The first kappa shape index (κ1) is 13.3. The van der Waals surface area contributed by atoms with Crippen LogP contribution in [0.3, 0.4) is 0 Å². The summed E-state index contributed by atoms with van der Waals surface area (Å²) < 4.78 is 0.878. The molecule has 0 saturated heterocycles. The molecule has 2 aromatic rings. The van der Waals surface area contributed by atoms with E-state index in [9.17, 15) is 4.79 Å². The molecule has 0 unspecified atom stereocenters. The van der Waals surface area contributed by atoms with Crippen LogP contribution in [-0.4, -0.2) is 22.0 Å². The van der Waals surface area contributed by atoms with Gasteiger partial charge in [-0.25, -0.2) is 4.79 Å². The standard InChI is InChI=1S/C10H12N4OS3/c1-2-5-17-10-14-13-9(18-10)12-8(15)11-7-4-3-6-16-7/h3-4,6H,2,5H2,1H3,(H2,11,12,13,15). The van der Waals surface area contributed by atoms with Gasteiger partial charge in [0.15, 0.2) is 4.34 Å². The molecule has 0 aromatic carbocycles. The highest BCUT2D eigenvalue weighted by molar-refractivity contribution is 8.01. The molecule has 0 aliphatic carbocycles. The van der Waals surface area contributed by atoms with Crippen molar-refractivity contribution in [2.24, 2.45) is 0 Å². The molecule has 2 aromatic heterocycles. The Morgan fingerprint density at radius 2 is 2.33 bits per heavy atom. The Morgan fingerprint density at radius 1 is 1.44 bits per heavy atom. The largest absolute Gasteiger partial charge is 0.326 e. The number of hydrogen-bond donors (Lipinski definition) is 2. The molecular formula is C10H12N4OS3. The van der Waals surface area contributed by atoms with Crippen LogP contribution >= 0.6 is 34.4 Å². The average Bonchev–Trinajstić information content (AvgIpc) is 2.98. The lowest BCUT2D eigenvalue weighted by atomic mass is 10.6. The van der Waals surface area contributed by atoms with Gasteiger partial charge in [0.2, 0.25) is 5.13 Å². The zero-order valence-electron chi connectivity index (χ0n) is 9.67. The van der Waals surface area contributed by atoms with Crippen LogP contribution in [0, 0.1) is 0 Å². The Kier molecular flexibility index (Phi) is 4.97. The van der Waals surface area contributed by atoms with Crippen molar-refractivity contribution in [3.63, 3.8) is 0 Å². The van der Waals surface area contributed by atoms with Crippen LogP contribution in [0.5, 0.6) is 0 Å². The minimum atomic E-state index is -0.291. The smallest absolute Gasteiger partial charge is 0.299 e. The van der Waals surface area contributed by atoms with E-state index in [1.807, 2.05) is 17.5 Å². The maximum atomic E-state index is 11.6. The number of nitrogens with zero attached hydrogens (tertiary/aromatic N) is 2. The number of hydrogen-bond acceptors (Lipinski definition) is 6. The lowest BCUT2D eigenvalue weighted by Gasteiger charge is -2.01. The zero-order chi connectivity index (χ0) is 12.8. The van der Waals surface area contributed by atoms with E-state index in [4.69, 9.17) is 0 Å². The molecule has 18 heavy (non-hydrogen) atoms. The number of aromatic nitrogens is 2. The Labute approximate surface area is 117 Å². The van der Waals surface area contributed by atoms with Crippen molar-refractivity contribution < 1.29 is 4.79 Å². The van der Waals surface area contributed by atoms with Crippen LogP contribution in [-0.2, 0) is 0 Å². The summed E-state index contributed by atoms with van der Waals surface area (Å²) in [5, 5.41) is 16.5. The SMILES string of the molecule is CCCSc1nnc(NC(=O)Nc2cccs2)s1. The van der Waals surface area contributed by atoms with Gasteiger partial charge < -0.3 is 0 Å². The Morgan fingerprint density at radius 3 is 3.06 bits per heavy atom. The van der Waals surface area contributed by atoms with Crippen molar-refractivity contribution in [3.8, 4) is 0 Å². The van der Waals surface area contributed by atoms with Crippen LogP contribution in [0.25, 0.3) is 0 Å². The van der Waals surface area contributed by atoms with Crippen LogP contribution in [0.15, 0.2) is 21.9 Å². The Hall–Kier alpha value is -1.12. The third kappa shape index (κ3) is 3.97. The van der Waals surface area contributed by atoms with Gasteiger partial charge in [-0.1, -0.05) is 30.0 Å². The van der Waals surface area contributed by atoms with E-state index in [1.165, 1.54) is 22.7 Å². The summed E-state index contributed by atoms with van der Waals surface area (Å²) in [5.74, 6) is 1.01. The number of carbonyl (C=O) groups excluding carboxylic acids is 1. The van der Waals surface area contributed by atoms with Crippen LogP contribution < -0.4 is 10.6 Å². The van der Waals surface area contributed by atoms with Crippen molar-refractivity contribution in [3.05, 3.63) is 17.5 Å². The minimum absolute atomic E-state index is 0.291. The van der Waals surface area contributed by atoms with Crippen LogP contribution in [0.4, 0.5) is 14.9 Å². The summed E-state index contributed by atoms with van der Waals surface area (Å²) in [4.78, 5) is 11.6. The second-order valence-corrected chi connectivity index (χ2v) is 6.55. The molecule has 0 atom stereocenters. The first-order valence-electron chi connectivity index (χ1n) is 5.35. The van der Waals surface area contributed by atoms with E-state index in [0.717, 1.165) is 21.5 Å². The number of rotatable bonds is 5. The van der Waals surface area contributed by atoms with Gasteiger partial charge >= 0.3 is 6.03 Å². The number of nitrogens with one attached hydrogen (secondary N) is 2. The molecule has 0 fully saturated rings. The quantitative estimate of drug-likeness (QED) is 0.652. The molecule has 2 N–H and O–H groups in total. The van der Waals surface area contributed by atoms with E-state index < -0.39 is 0 Å². The van der Waals surface area contributed by atoms with Gasteiger partial charge in [-0.15, -0.1) is 21.5 Å². The van der Waals surface area contributed by atoms with Crippen LogP contribution in [0.2, 0.25) is 0 Å². The number of urea groups is 1. The molecular weight excluding hydrogens is 288 g/mol. The number of thiophene rings is 1. The molecule has 96 valence electrons. The average molecular weight is 300 g/mol. The molecule has 0 spiro atoms. The number of anilines is 2. The lowest BCUT2D eigenvalue weighted by molar-refractivity contribution is 0.262. The maximum absolute atomic E-state index is 11.6. The first-order chi connectivity index (χ1) is 8.78. The predicted molar refractivity (Wildman–Crippen MR) is 77.9 cm³/mol. The van der Waals surface area contributed by atoms with E-state index in [-0.39, 0.29) is 6.03 Å². The summed E-state index contributed by atoms with van der Waals surface area (Å²) in [5.41, 5.74) is 0. The van der Waals surface area contributed by atoms with Gasteiger partial charge in [0.1, 0.15) is 0 Å². The molecule has 0 bridgehead atoms. The summed E-state index contributed by atoms with van der Waals surface area (Å²) in [6.07, 6.45) is 1.09. The predicted octanol–water partition coefficient (Wildman–Crippen LogP) is 3.75. The van der Waals surface area contributed by atoms with E-state index >= 15 is 0 Å². The second kappa shape index (κ2) is 6.72. The molecule has 2 amide bonds. The van der Waals surface area contributed by atoms with Crippen molar-refractivity contribution in [2.45, 2.75) is 17.7 Å². The fourth-order valence-corrected chi connectivity index (χ4v) is 3.38. The Balaban J connectivity index is 1.85. The highest BCUT2D eigenvalue weighted by Crippen LogP contribution is 2.26. The fourth-order valence-electron chi connectivity index (χ4n) is 1.10. The van der Waals surface area contributed by atoms with Gasteiger partial charge in [-0.05, 0) is 23.9 Å². The molecule has 2 heterocycles. The van der Waals surface area contributed by atoms with Gasteiger partial charge in [0.25, 0.3) is 0 Å². The Bertz CT molecular complexity index is 497. The molecule has 0 radical (unpaired) electrons. The van der Waals surface area contributed by atoms with Gasteiger partial charge in [0, 0.05) is 5.75 Å². The van der Waals surface area contributed by atoms with E-state index in [2.05, 4.69) is 27.8 Å². The molecule has 0 aliphatic heterocycles. The van der Waals surface area contributed by atoms with Crippen molar-refractivity contribution in [2.75, 3.05) is 16.4 Å². The molecule has 2 rings (SSSR count). The molecule has 8 heteroatoms. The number of thioether (sulfide) groups is 1. The topological polar surface area (TPSA) is 66.9 Å². The molecule has 0 saturated carbocycles. The number of amides is 2. The molecule has 0 aliphatic rings. The summed E-state index contributed by atoms with van der Waals surface area (Å²) in [7, 11) is 0. The van der Waals surface area contributed by atoms with E-state index in [1.54, 1.807) is 11.8 Å². The van der Waals surface area contributed by atoms with Gasteiger partial charge in [-0.2, -0.15) is 0 Å². The summed E-state index contributed by atoms with van der Waals surface area (Å²) in [6.45, 7) is 2.11. The minimum Gasteiger partial charge on any atom is -0.299 e. The molecule has 5 nitrogen and oxygen atoms in total. The zero-order valence-corrected chi connectivity index (χ0v) is 12.1. The third-order valence-electron chi connectivity index (χ3n) is 1.81. The van der Waals surface area contributed by atoms with Gasteiger partial charge in [0.05, 0.1) is 5.00 Å². The van der Waals surface area contributed by atoms with E-state index in [0.29, 0.717) is 5.13 Å². The highest BCUT2D eigenvalue weighted by Gasteiger charge is 2.08. The maximum Gasteiger partial charge on any atom is 0.326 e. The summed E-state index contributed by atoms with van der Waals surface area (Å²) >= 11 is 4.50. The lowest BCUT2D eigenvalue weighted by Crippen LogP contribution is -2.18. The van der Waals surface area contributed by atoms with Crippen LogP contribution in [0.1, 0.15) is 13.3 Å².